The molecule has 1 aliphatic heterocycles. The van der Waals surface area contributed by atoms with Crippen LogP contribution in [-0.2, 0) is 5.41 Å². The van der Waals surface area contributed by atoms with Gasteiger partial charge in [0.2, 0.25) is 0 Å². The number of aromatic nitrogens is 4. The molecule has 1 aromatic carbocycles. The van der Waals surface area contributed by atoms with Crippen LogP contribution in [0.2, 0.25) is 0 Å². The Labute approximate surface area is 167 Å². The minimum absolute atomic E-state index is 0.120. The van der Waals surface area contributed by atoms with Crippen molar-refractivity contribution in [1.29, 1.82) is 0 Å². The Balaban J connectivity index is 1.55. The van der Waals surface area contributed by atoms with E-state index in [-0.39, 0.29) is 23.0 Å². The number of halogens is 3. The van der Waals surface area contributed by atoms with Crippen molar-refractivity contribution >= 4 is 5.71 Å². The number of nitrogens with one attached hydrogen (secondary N) is 2. The summed E-state index contributed by atoms with van der Waals surface area (Å²) in [7, 11) is 0. The first-order chi connectivity index (χ1) is 14.3. The minimum Gasteiger partial charge on any atom is -0.313 e. The molecular weight excluding hydrogens is 399 g/mol. The van der Waals surface area contributed by atoms with E-state index >= 15 is 0 Å². The van der Waals surface area contributed by atoms with Crippen molar-refractivity contribution in [1.82, 2.24) is 19.6 Å². The van der Waals surface area contributed by atoms with E-state index in [2.05, 4.69) is 20.1 Å². The summed E-state index contributed by atoms with van der Waals surface area (Å²) < 4.78 is 42.9. The van der Waals surface area contributed by atoms with Gasteiger partial charge in [0.1, 0.15) is 11.6 Å². The van der Waals surface area contributed by atoms with Crippen molar-refractivity contribution in [2.24, 2.45) is 11.0 Å². The van der Waals surface area contributed by atoms with Crippen molar-refractivity contribution in [3.05, 3.63) is 86.0 Å². The van der Waals surface area contributed by atoms with Crippen LogP contribution in [0.25, 0.3) is 0 Å². The lowest BCUT2D eigenvalue weighted by atomic mass is 9.76. The van der Waals surface area contributed by atoms with Crippen LogP contribution >= 0.6 is 0 Å². The highest BCUT2D eigenvalue weighted by molar-refractivity contribution is 6.01. The molecule has 2 N–H and O–H groups in total. The average molecular weight is 415 g/mol. The molecule has 30 heavy (non-hydrogen) atoms. The van der Waals surface area contributed by atoms with E-state index < -0.39 is 34.1 Å². The molecule has 0 amide bonds. The summed E-state index contributed by atoms with van der Waals surface area (Å²) in [5.74, 6) is -2.89. The highest BCUT2D eigenvalue weighted by Crippen LogP contribution is 2.60. The third-order valence-corrected chi connectivity index (χ3v) is 6.07. The quantitative estimate of drug-likeness (QED) is 0.643. The standard InChI is InChI=1S/C20H16F3N5O2/c1-20(12-4-9(12)10-5-14(22)15(23)6-13(10)21)7-16(27-28-3-2-24-18(20)28)11-8-25-19(30)26-17(11)29/h2-3,5-6,8-9,12H,4,7H2,1H3,(H2,25,26,29,30)/t9-,12+,20?/m1/s1. The zero-order chi connectivity index (χ0) is 21.2. The normalized spacial score (nSPS) is 25.0. The van der Waals surface area contributed by atoms with Crippen LogP contribution in [0.3, 0.4) is 0 Å². The van der Waals surface area contributed by atoms with Gasteiger partial charge in [0, 0.05) is 36.5 Å². The molecule has 154 valence electrons. The molecule has 10 heteroatoms. The Morgan fingerprint density at radius 3 is 2.70 bits per heavy atom. The van der Waals surface area contributed by atoms with Crippen LogP contribution in [0, 0.1) is 23.4 Å². The Bertz CT molecular complexity index is 1320. The smallest absolute Gasteiger partial charge is 0.313 e. The molecule has 0 bridgehead atoms. The number of aromatic amines is 2. The van der Waals surface area contributed by atoms with Gasteiger partial charge in [-0.3, -0.25) is 9.78 Å². The molecule has 5 rings (SSSR count). The van der Waals surface area contributed by atoms with E-state index in [9.17, 15) is 22.8 Å². The van der Waals surface area contributed by atoms with Gasteiger partial charge < -0.3 is 4.98 Å². The van der Waals surface area contributed by atoms with E-state index in [4.69, 9.17) is 0 Å². The molecule has 0 saturated heterocycles. The fourth-order valence-corrected chi connectivity index (χ4v) is 4.51. The summed E-state index contributed by atoms with van der Waals surface area (Å²) >= 11 is 0. The van der Waals surface area contributed by atoms with Gasteiger partial charge in [0.25, 0.3) is 5.56 Å². The zero-order valence-electron chi connectivity index (χ0n) is 15.7. The van der Waals surface area contributed by atoms with Crippen LogP contribution < -0.4 is 11.2 Å². The molecule has 2 aliphatic rings. The molecule has 0 radical (unpaired) electrons. The number of imidazole rings is 1. The fraction of sp³-hybridized carbons (Fsp3) is 0.300. The third-order valence-electron chi connectivity index (χ3n) is 6.07. The lowest BCUT2D eigenvalue weighted by Crippen LogP contribution is -2.38. The second kappa shape index (κ2) is 6.28. The predicted octanol–water partition coefficient (Wildman–Crippen LogP) is 2.39. The Kier molecular flexibility index (Phi) is 3.89. The number of hydrogen-bond acceptors (Lipinski definition) is 4. The molecule has 0 spiro atoms. The number of nitrogens with zero attached hydrogens (tertiary/aromatic N) is 3. The Morgan fingerprint density at radius 2 is 1.93 bits per heavy atom. The maximum atomic E-state index is 14.3. The predicted molar refractivity (Wildman–Crippen MR) is 101 cm³/mol. The number of H-pyrrole nitrogens is 2. The highest BCUT2D eigenvalue weighted by Gasteiger charge is 2.55. The van der Waals surface area contributed by atoms with Crippen molar-refractivity contribution in [2.75, 3.05) is 0 Å². The summed E-state index contributed by atoms with van der Waals surface area (Å²) in [4.78, 5) is 32.7. The first-order valence-corrected chi connectivity index (χ1v) is 9.36. The molecule has 2 aromatic heterocycles. The van der Waals surface area contributed by atoms with Crippen LogP contribution in [0.4, 0.5) is 13.2 Å². The molecule has 3 atom stereocenters. The van der Waals surface area contributed by atoms with Gasteiger partial charge in [0.15, 0.2) is 11.6 Å². The van der Waals surface area contributed by atoms with Gasteiger partial charge in [-0.05, 0) is 29.9 Å². The van der Waals surface area contributed by atoms with Gasteiger partial charge >= 0.3 is 5.69 Å². The van der Waals surface area contributed by atoms with E-state index in [1.165, 1.54) is 6.20 Å². The molecule has 1 unspecified atom stereocenters. The summed E-state index contributed by atoms with van der Waals surface area (Å²) in [6.07, 6.45) is 5.39. The lowest BCUT2D eigenvalue weighted by Gasteiger charge is -2.33. The summed E-state index contributed by atoms with van der Waals surface area (Å²) in [5, 5.41) is 4.46. The fourth-order valence-electron chi connectivity index (χ4n) is 4.51. The van der Waals surface area contributed by atoms with Gasteiger partial charge in [-0.15, -0.1) is 0 Å². The van der Waals surface area contributed by atoms with E-state index in [1.807, 2.05) is 6.92 Å². The first kappa shape index (κ1) is 18.6. The topological polar surface area (TPSA) is 95.9 Å². The van der Waals surface area contributed by atoms with Crippen molar-refractivity contribution in [3.63, 3.8) is 0 Å². The minimum atomic E-state index is -1.22. The van der Waals surface area contributed by atoms with Crippen molar-refractivity contribution in [2.45, 2.75) is 31.1 Å². The maximum Gasteiger partial charge on any atom is 0.325 e. The van der Waals surface area contributed by atoms with Gasteiger partial charge in [0.05, 0.1) is 11.3 Å². The monoisotopic (exact) mass is 415 g/mol. The van der Waals surface area contributed by atoms with E-state index in [0.717, 1.165) is 6.07 Å². The molecular formula is C20H16F3N5O2. The van der Waals surface area contributed by atoms with Gasteiger partial charge in [-0.2, -0.15) is 5.10 Å². The van der Waals surface area contributed by atoms with Crippen molar-refractivity contribution < 1.29 is 13.2 Å². The largest absolute Gasteiger partial charge is 0.325 e. The molecule has 1 saturated carbocycles. The second-order valence-electron chi connectivity index (χ2n) is 7.96. The third kappa shape index (κ3) is 2.74. The molecule has 1 aliphatic carbocycles. The first-order valence-electron chi connectivity index (χ1n) is 9.36. The van der Waals surface area contributed by atoms with Crippen LogP contribution in [0.1, 0.15) is 42.6 Å². The summed E-state index contributed by atoms with van der Waals surface area (Å²) in [6.45, 7) is 1.93. The highest BCUT2D eigenvalue weighted by atomic mass is 19.2. The van der Waals surface area contributed by atoms with Gasteiger partial charge in [-0.1, -0.05) is 6.92 Å². The number of fused-ring (bicyclic) bond motifs is 1. The second-order valence-corrected chi connectivity index (χ2v) is 7.96. The van der Waals surface area contributed by atoms with Crippen LogP contribution in [0.15, 0.2) is 45.4 Å². The molecule has 1 fully saturated rings. The maximum absolute atomic E-state index is 14.3. The summed E-state index contributed by atoms with van der Waals surface area (Å²) in [5.41, 5.74) is -1.03. The number of rotatable bonds is 3. The Morgan fingerprint density at radius 1 is 1.17 bits per heavy atom. The SMILES string of the molecule is CC1([C@H]2C[C@@H]2c2cc(F)c(F)cc2F)CC(c2c[nH]c(=O)[nH]c2=O)=Nn2ccnc21. The lowest BCUT2D eigenvalue weighted by molar-refractivity contribution is 0.364. The van der Waals surface area contributed by atoms with Crippen molar-refractivity contribution in [3.8, 4) is 0 Å². The molecule has 7 nitrogen and oxygen atoms in total. The van der Waals surface area contributed by atoms with Crippen LogP contribution in [-0.4, -0.2) is 25.3 Å². The van der Waals surface area contributed by atoms with Crippen LogP contribution in [0.5, 0.6) is 0 Å². The average Bonchev–Trinajstić information content (AvgIpc) is 3.34. The number of benzene rings is 1. The molecule has 3 aromatic rings. The van der Waals surface area contributed by atoms with E-state index in [0.29, 0.717) is 30.4 Å². The van der Waals surface area contributed by atoms with Gasteiger partial charge in [-0.25, -0.2) is 27.6 Å². The Hall–Kier alpha value is -3.43. The zero-order valence-corrected chi connectivity index (χ0v) is 15.7. The molecule has 3 heterocycles. The van der Waals surface area contributed by atoms with E-state index in [1.54, 1.807) is 17.1 Å². The number of hydrogen-bond donors (Lipinski definition) is 2. The summed E-state index contributed by atoms with van der Waals surface area (Å²) in [6, 6.07) is 1.48.